The molecule has 3 aromatic heterocycles. The van der Waals surface area contributed by atoms with Crippen LogP contribution in [0.4, 0.5) is 5.82 Å². The number of fused-ring (bicyclic) bond motifs is 3. The van der Waals surface area contributed by atoms with E-state index in [1.165, 1.54) is 0 Å². The first kappa shape index (κ1) is 17.4. The number of rotatable bonds is 3. The first-order chi connectivity index (χ1) is 13.3. The molecule has 1 amide bonds. The molecule has 5 heterocycles. The van der Waals surface area contributed by atoms with Crippen molar-refractivity contribution in [2.24, 2.45) is 5.92 Å². The van der Waals surface area contributed by atoms with Crippen molar-refractivity contribution >= 4 is 29.6 Å². The van der Waals surface area contributed by atoms with E-state index in [1.54, 1.807) is 12.5 Å². The number of piperazine rings is 1. The molecule has 2 aliphatic heterocycles. The van der Waals surface area contributed by atoms with Crippen molar-refractivity contribution in [2.75, 3.05) is 18.0 Å². The van der Waals surface area contributed by atoms with Crippen molar-refractivity contribution in [3.63, 3.8) is 0 Å². The standard InChI is InChI=1S/C18H20N8O.ClH/c27-18(11-1-2-11)26-13-3-4-14(26)9-24(8-13)17-16-5-12(15-6-20-23-22-15)7-25(16)21-10-19-17;/h5-7,10-11,13-14H,1-4,8-9H2,(H,20,22,23);1H. The molecule has 0 spiro atoms. The van der Waals surface area contributed by atoms with Gasteiger partial charge in [-0.1, -0.05) is 0 Å². The van der Waals surface area contributed by atoms with Crippen LogP contribution in [-0.4, -0.2) is 66.0 Å². The van der Waals surface area contributed by atoms with Crippen LogP contribution in [0.1, 0.15) is 25.7 Å². The maximum Gasteiger partial charge on any atom is 0.226 e. The van der Waals surface area contributed by atoms with Gasteiger partial charge in [-0.25, -0.2) is 9.50 Å². The average Bonchev–Trinajstić information content (AvgIpc) is 3.10. The molecule has 1 N–H and O–H groups in total. The van der Waals surface area contributed by atoms with E-state index in [2.05, 4.69) is 41.4 Å². The molecule has 3 aliphatic rings. The van der Waals surface area contributed by atoms with Crippen LogP contribution in [0.25, 0.3) is 16.8 Å². The van der Waals surface area contributed by atoms with Gasteiger partial charge in [-0.05, 0) is 31.7 Å². The van der Waals surface area contributed by atoms with Gasteiger partial charge in [-0.2, -0.15) is 20.5 Å². The maximum absolute atomic E-state index is 12.7. The van der Waals surface area contributed by atoms with Gasteiger partial charge in [0.2, 0.25) is 5.91 Å². The van der Waals surface area contributed by atoms with Crippen molar-refractivity contribution in [1.82, 2.24) is 34.9 Å². The largest absolute Gasteiger partial charge is 0.351 e. The van der Waals surface area contributed by atoms with Crippen LogP contribution in [0.2, 0.25) is 0 Å². The van der Waals surface area contributed by atoms with Crippen LogP contribution in [0, 0.1) is 5.92 Å². The first-order valence-electron chi connectivity index (χ1n) is 9.54. The Morgan fingerprint density at radius 2 is 1.93 bits per heavy atom. The molecule has 1 aliphatic carbocycles. The summed E-state index contributed by atoms with van der Waals surface area (Å²) in [5.41, 5.74) is 2.69. The summed E-state index contributed by atoms with van der Waals surface area (Å²) in [6.45, 7) is 1.68. The quantitative estimate of drug-likeness (QED) is 0.716. The highest BCUT2D eigenvalue weighted by atomic mass is 35.5. The number of anilines is 1. The number of aromatic amines is 1. The molecule has 9 nitrogen and oxygen atoms in total. The summed E-state index contributed by atoms with van der Waals surface area (Å²) in [4.78, 5) is 21.8. The van der Waals surface area contributed by atoms with Crippen molar-refractivity contribution < 1.29 is 4.79 Å². The fraction of sp³-hybridized carbons (Fsp3) is 0.500. The molecule has 3 aromatic rings. The highest BCUT2D eigenvalue weighted by molar-refractivity contribution is 5.85. The molecule has 10 heteroatoms. The van der Waals surface area contributed by atoms with Crippen molar-refractivity contribution in [1.29, 1.82) is 0 Å². The molecule has 6 rings (SSSR count). The zero-order valence-electron chi connectivity index (χ0n) is 15.2. The molecule has 2 unspecified atom stereocenters. The van der Waals surface area contributed by atoms with Gasteiger partial charge in [0, 0.05) is 42.9 Å². The van der Waals surface area contributed by atoms with Crippen molar-refractivity contribution in [3.05, 3.63) is 24.8 Å². The molecule has 0 radical (unpaired) electrons. The Labute approximate surface area is 167 Å². The minimum atomic E-state index is 0. The molecule has 2 bridgehead atoms. The molecule has 2 atom stereocenters. The predicted octanol–water partition coefficient (Wildman–Crippen LogP) is 1.53. The van der Waals surface area contributed by atoms with Crippen LogP contribution in [0.5, 0.6) is 0 Å². The van der Waals surface area contributed by atoms with E-state index in [0.717, 1.165) is 61.4 Å². The van der Waals surface area contributed by atoms with Gasteiger partial charge >= 0.3 is 0 Å². The SMILES string of the molecule is Cl.O=C(C1CC1)N1C2CCC1CN(c1ncnn3cc(-c4cn[nH]n4)cc13)C2. The summed E-state index contributed by atoms with van der Waals surface area (Å²) in [6, 6.07) is 2.66. The number of hydrogen-bond acceptors (Lipinski definition) is 6. The predicted molar refractivity (Wildman–Crippen MR) is 104 cm³/mol. The highest BCUT2D eigenvalue weighted by Crippen LogP contribution is 2.39. The summed E-state index contributed by atoms with van der Waals surface area (Å²) in [7, 11) is 0. The topological polar surface area (TPSA) is 95.3 Å². The molecule has 146 valence electrons. The highest BCUT2D eigenvalue weighted by Gasteiger charge is 2.46. The number of aromatic nitrogens is 6. The smallest absolute Gasteiger partial charge is 0.226 e. The maximum atomic E-state index is 12.7. The number of halogens is 1. The summed E-state index contributed by atoms with van der Waals surface area (Å²) in [6.07, 6.45) is 9.56. The van der Waals surface area contributed by atoms with Crippen LogP contribution in [-0.2, 0) is 4.79 Å². The van der Waals surface area contributed by atoms with Crippen LogP contribution in [0.3, 0.4) is 0 Å². The number of H-pyrrole nitrogens is 1. The average molecular weight is 401 g/mol. The lowest BCUT2D eigenvalue weighted by atomic mass is 10.1. The Morgan fingerprint density at radius 3 is 2.61 bits per heavy atom. The lowest BCUT2D eigenvalue weighted by Crippen LogP contribution is -2.56. The second-order valence-electron chi connectivity index (χ2n) is 7.81. The Balaban J connectivity index is 0.00000171. The molecule has 28 heavy (non-hydrogen) atoms. The van der Waals surface area contributed by atoms with Gasteiger partial charge in [0.15, 0.2) is 5.82 Å². The second-order valence-corrected chi connectivity index (χ2v) is 7.81. The fourth-order valence-electron chi connectivity index (χ4n) is 4.62. The van der Waals surface area contributed by atoms with Crippen molar-refractivity contribution in [2.45, 2.75) is 37.8 Å². The number of hydrogen-bond donors (Lipinski definition) is 1. The van der Waals surface area contributed by atoms with Gasteiger partial charge in [-0.3, -0.25) is 4.79 Å². The van der Waals surface area contributed by atoms with E-state index < -0.39 is 0 Å². The Bertz CT molecular complexity index is 1000. The Kier molecular flexibility index (Phi) is 4.01. The second kappa shape index (κ2) is 6.44. The number of carbonyl (C=O) groups is 1. The van der Waals surface area contributed by atoms with E-state index in [4.69, 9.17) is 0 Å². The van der Waals surface area contributed by atoms with Gasteiger partial charge in [-0.15, -0.1) is 12.4 Å². The van der Waals surface area contributed by atoms with Crippen LogP contribution >= 0.6 is 12.4 Å². The van der Waals surface area contributed by atoms with Gasteiger partial charge in [0.25, 0.3) is 0 Å². The summed E-state index contributed by atoms with van der Waals surface area (Å²) in [5, 5.41) is 15.0. The third kappa shape index (κ3) is 2.64. The minimum Gasteiger partial charge on any atom is -0.351 e. The Morgan fingerprint density at radius 1 is 1.14 bits per heavy atom. The number of amides is 1. The van der Waals surface area contributed by atoms with Gasteiger partial charge < -0.3 is 9.80 Å². The third-order valence-corrected chi connectivity index (χ3v) is 6.06. The first-order valence-corrected chi connectivity index (χ1v) is 9.54. The fourth-order valence-corrected chi connectivity index (χ4v) is 4.62. The third-order valence-electron chi connectivity index (χ3n) is 6.06. The van der Waals surface area contributed by atoms with E-state index in [-0.39, 0.29) is 12.4 Å². The monoisotopic (exact) mass is 400 g/mol. The molecule has 0 aromatic carbocycles. The molecular formula is C18H21ClN8O. The van der Waals surface area contributed by atoms with E-state index >= 15 is 0 Å². The Hall–Kier alpha value is -2.68. The molecular weight excluding hydrogens is 380 g/mol. The normalized spacial score (nSPS) is 23.9. The number of carbonyl (C=O) groups excluding carboxylic acids is 1. The van der Waals surface area contributed by atoms with Crippen molar-refractivity contribution in [3.8, 4) is 11.3 Å². The lowest BCUT2D eigenvalue weighted by Gasteiger charge is -2.41. The zero-order valence-corrected chi connectivity index (χ0v) is 16.0. The van der Waals surface area contributed by atoms with Crippen LogP contribution in [0.15, 0.2) is 24.8 Å². The van der Waals surface area contributed by atoms with Crippen LogP contribution < -0.4 is 4.90 Å². The van der Waals surface area contributed by atoms with Gasteiger partial charge in [0.1, 0.15) is 17.5 Å². The zero-order chi connectivity index (χ0) is 18.0. The lowest BCUT2D eigenvalue weighted by molar-refractivity contribution is -0.135. The summed E-state index contributed by atoms with van der Waals surface area (Å²) >= 11 is 0. The molecule has 3 fully saturated rings. The molecule has 1 saturated carbocycles. The number of nitrogens with one attached hydrogen (secondary N) is 1. The molecule has 2 saturated heterocycles. The minimum absolute atomic E-state index is 0. The summed E-state index contributed by atoms with van der Waals surface area (Å²) in [5.74, 6) is 1.60. The van der Waals surface area contributed by atoms with E-state index in [9.17, 15) is 4.79 Å². The summed E-state index contributed by atoms with van der Waals surface area (Å²) < 4.78 is 1.84. The van der Waals surface area contributed by atoms with Gasteiger partial charge in [0.05, 0.1) is 6.20 Å². The van der Waals surface area contributed by atoms with E-state index in [1.807, 2.05) is 10.7 Å². The number of nitrogens with zero attached hydrogens (tertiary/aromatic N) is 7. The van der Waals surface area contributed by atoms with E-state index in [0.29, 0.717) is 23.9 Å².